The first kappa shape index (κ1) is 15.2. The topological polar surface area (TPSA) is 46.3 Å². The summed E-state index contributed by atoms with van der Waals surface area (Å²) in [5, 5.41) is 0. The van der Waals surface area contributed by atoms with E-state index >= 15 is 0 Å². The molecule has 4 rings (SSSR count). The zero-order valence-corrected chi connectivity index (χ0v) is 13.9. The standard InChI is InChI=1S/C20H28N2O/c21-17-13-20(14-17)10-4-5-11-22(20)19(23)18(16-8-9-16)12-15-6-2-1-3-7-15/h1-3,6-7,16-18H,4-5,8-14,21H2/t17?,18-,20?/m0/s1. The first-order chi connectivity index (χ1) is 11.2. The van der Waals surface area contributed by atoms with Crippen molar-refractivity contribution in [3.05, 3.63) is 35.9 Å². The van der Waals surface area contributed by atoms with Gasteiger partial charge in [-0.15, -0.1) is 0 Å². The van der Waals surface area contributed by atoms with E-state index in [0.717, 1.165) is 38.6 Å². The molecule has 2 N–H and O–H groups in total. The Hall–Kier alpha value is -1.35. The van der Waals surface area contributed by atoms with Crippen LogP contribution in [-0.2, 0) is 11.2 Å². The van der Waals surface area contributed by atoms with Crippen molar-refractivity contribution >= 4 is 5.91 Å². The summed E-state index contributed by atoms with van der Waals surface area (Å²) in [5.41, 5.74) is 7.49. The minimum absolute atomic E-state index is 0.110. The van der Waals surface area contributed by atoms with Gasteiger partial charge in [0, 0.05) is 24.0 Å². The van der Waals surface area contributed by atoms with Crippen molar-refractivity contribution in [2.24, 2.45) is 17.6 Å². The molecule has 1 heterocycles. The van der Waals surface area contributed by atoms with Gasteiger partial charge < -0.3 is 10.6 Å². The van der Waals surface area contributed by atoms with Crippen LogP contribution in [0, 0.1) is 11.8 Å². The van der Waals surface area contributed by atoms with Crippen LogP contribution in [0.5, 0.6) is 0 Å². The molecule has 1 amide bonds. The van der Waals surface area contributed by atoms with Crippen molar-refractivity contribution in [3.63, 3.8) is 0 Å². The van der Waals surface area contributed by atoms with Gasteiger partial charge in [-0.3, -0.25) is 4.79 Å². The summed E-state index contributed by atoms with van der Waals surface area (Å²) in [4.78, 5) is 15.6. The highest BCUT2D eigenvalue weighted by molar-refractivity contribution is 5.81. The van der Waals surface area contributed by atoms with E-state index in [1.54, 1.807) is 0 Å². The fourth-order valence-electron chi connectivity index (χ4n) is 4.80. The zero-order valence-electron chi connectivity index (χ0n) is 13.9. The van der Waals surface area contributed by atoms with Crippen molar-refractivity contribution < 1.29 is 4.79 Å². The number of benzene rings is 1. The molecular weight excluding hydrogens is 284 g/mol. The van der Waals surface area contributed by atoms with Gasteiger partial charge in [0.15, 0.2) is 0 Å². The molecule has 3 nitrogen and oxygen atoms in total. The Labute approximate surface area is 139 Å². The molecule has 1 aliphatic heterocycles. The second-order valence-electron chi connectivity index (χ2n) is 7.97. The minimum atomic E-state index is 0.110. The van der Waals surface area contributed by atoms with E-state index in [1.165, 1.54) is 24.8 Å². The third-order valence-corrected chi connectivity index (χ3v) is 6.20. The van der Waals surface area contributed by atoms with Gasteiger partial charge >= 0.3 is 0 Å². The number of amides is 1. The summed E-state index contributed by atoms with van der Waals surface area (Å²) in [5.74, 6) is 1.21. The number of hydrogen-bond donors (Lipinski definition) is 1. The number of likely N-dealkylation sites (tertiary alicyclic amines) is 1. The Balaban J connectivity index is 1.52. The Morgan fingerprint density at radius 1 is 1.22 bits per heavy atom. The van der Waals surface area contributed by atoms with E-state index in [2.05, 4.69) is 29.2 Å². The Kier molecular flexibility index (Phi) is 3.92. The van der Waals surface area contributed by atoms with Crippen LogP contribution in [0.25, 0.3) is 0 Å². The maximum absolute atomic E-state index is 13.4. The van der Waals surface area contributed by atoms with E-state index in [9.17, 15) is 4.79 Å². The quantitative estimate of drug-likeness (QED) is 0.928. The van der Waals surface area contributed by atoms with Crippen LogP contribution in [-0.4, -0.2) is 28.9 Å². The van der Waals surface area contributed by atoms with Crippen molar-refractivity contribution in [1.29, 1.82) is 0 Å². The van der Waals surface area contributed by atoms with Gasteiger partial charge in [0.25, 0.3) is 0 Å². The van der Waals surface area contributed by atoms with Crippen molar-refractivity contribution in [1.82, 2.24) is 4.90 Å². The first-order valence-electron chi connectivity index (χ1n) is 9.29. The van der Waals surface area contributed by atoms with Crippen molar-refractivity contribution in [2.45, 2.75) is 62.9 Å². The molecule has 1 spiro atoms. The maximum atomic E-state index is 13.4. The fourth-order valence-corrected chi connectivity index (χ4v) is 4.80. The third kappa shape index (κ3) is 2.91. The number of carbonyl (C=O) groups excluding carboxylic acids is 1. The van der Waals surface area contributed by atoms with Crippen LogP contribution < -0.4 is 5.73 Å². The number of nitrogens with zero attached hydrogens (tertiary/aromatic N) is 1. The second kappa shape index (κ2) is 5.94. The molecule has 23 heavy (non-hydrogen) atoms. The third-order valence-electron chi connectivity index (χ3n) is 6.20. The highest BCUT2D eigenvalue weighted by Gasteiger charge is 2.52. The monoisotopic (exact) mass is 312 g/mol. The van der Waals surface area contributed by atoms with Crippen molar-refractivity contribution in [2.75, 3.05) is 6.54 Å². The fraction of sp³-hybridized carbons (Fsp3) is 0.650. The van der Waals surface area contributed by atoms with E-state index < -0.39 is 0 Å². The normalized spacial score (nSPS) is 31.7. The molecule has 0 radical (unpaired) electrons. The summed E-state index contributed by atoms with van der Waals surface area (Å²) < 4.78 is 0. The smallest absolute Gasteiger partial charge is 0.226 e. The predicted molar refractivity (Wildman–Crippen MR) is 91.9 cm³/mol. The molecule has 3 heteroatoms. The molecule has 0 unspecified atom stereocenters. The summed E-state index contributed by atoms with van der Waals surface area (Å²) in [6, 6.07) is 10.8. The van der Waals surface area contributed by atoms with Gasteiger partial charge in [0.1, 0.15) is 0 Å². The van der Waals surface area contributed by atoms with Crippen LogP contribution in [0.1, 0.15) is 50.5 Å². The van der Waals surface area contributed by atoms with E-state index in [1.807, 2.05) is 6.07 Å². The van der Waals surface area contributed by atoms with Gasteiger partial charge in [0.05, 0.1) is 0 Å². The van der Waals surface area contributed by atoms with E-state index in [4.69, 9.17) is 5.73 Å². The highest BCUT2D eigenvalue weighted by atomic mass is 16.2. The number of hydrogen-bond acceptors (Lipinski definition) is 2. The lowest BCUT2D eigenvalue weighted by molar-refractivity contribution is -0.151. The molecular formula is C20H28N2O. The average molecular weight is 312 g/mol. The van der Waals surface area contributed by atoms with Gasteiger partial charge in [-0.25, -0.2) is 0 Å². The first-order valence-corrected chi connectivity index (χ1v) is 9.29. The number of piperidine rings is 1. The molecule has 2 aliphatic carbocycles. The van der Waals surface area contributed by atoms with Gasteiger partial charge in [-0.2, -0.15) is 0 Å². The number of rotatable bonds is 4. The molecule has 3 aliphatic rings. The molecule has 1 saturated heterocycles. The molecule has 1 aromatic carbocycles. The molecule has 124 valence electrons. The van der Waals surface area contributed by atoms with Crippen LogP contribution in [0.3, 0.4) is 0 Å². The zero-order chi connectivity index (χ0) is 15.9. The summed E-state index contributed by atoms with van der Waals surface area (Å²) in [7, 11) is 0. The van der Waals surface area contributed by atoms with Crippen LogP contribution in [0.15, 0.2) is 30.3 Å². The molecule has 3 fully saturated rings. The largest absolute Gasteiger partial charge is 0.337 e. The molecule has 1 atom stereocenters. The Morgan fingerprint density at radius 2 is 1.96 bits per heavy atom. The maximum Gasteiger partial charge on any atom is 0.226 e. The van der Waals surface area contributed by atoms with Crippen LogP contribution in [0.2, 0.25) is 0 Å². The molecule has 0 aromatic heterocycles. The van der Waals surface area contributed by atoms with Crippen LogP contribution >= 0.6 is 0 Å². The van der Waals surface area contributed by atoms with Gasteiger partial charge in [-0.1, -0.05) is 30.3 Å². The lowest BCUT2D eigenvalue weighted by Crippen LogP contribution is -2.66. The molecule has 1 aromatic rings. The SMILES string of the molecule is NC1CC2(CCCCN2C(=O)[C@@H](Cc2ccccc2)C2CC2)C1. The Bertz CT molecular complexity index is 555. The molecule has 0 bridgehead atoms. The van der Waals surface area contributed by atoms with Gasteiger partial charge in [-0.05, 0) is 62.8 Å². The lowest BCUT2D eigenvalue weighted by atomic mass is 9.66. The summed E-state index contributed by atoms with van der Waals surface area (Å²) >= 11 is 0. The average Bonchev–Trinajstić information content (AvgIpc) is 3.37. The number of carbonyl (C=O) groups is 1. The summed E-state index contributed by atoms with van der Waals surface area (Å²) in [6.45, 7) is 0.948. The Morgan fingerprint density at radius 3 is 2.61 bits per heavy atom. The number of nitrogens with two attached hydrogens (primary N) is 1. The van der Waals surface area contributed by atoms with E-state index in [0.29, 0.717) is 17.9 Å². The minimum Gasteiger partial charge on any atom is -0.337 e. The summed E-state index contributed by atoms with van der Waals surface area (Å²) in [6.07, 6.45) is 8.96. The van der Waals surface area contributed by atoms with Crippen molar-refractivity contribution in [3.8, 4) is 0 Å². The lowest BCUT2D eigenvalue weighted by Gasteiger charge is -2.56. The highest BCUT2D eigenvalue weighted by Crippen LogP contribution is 2.47. The van der Waals surface area contributed by atoms with Gasteiger partial charge in [0.2, 0.25) is 5.91 Å². The van der Waals surface area contributed by atoms with Crippen LogP contribution in [0.4, 0.5) is 0 Å². The second-order valence-corrected chi connectivity index (χ2v) is 7.97. The van der Waals surface area contributed by atoms with E-state index in [-0.39, 0.29) is 11.5 Å². The molecule has 2 saturated carbocycles. The predicted octanol–water partition coefficient (Wildman–Crippen LogP) is 3.13.